The van der Waals surface area contributed by atoms with E-state index in [0.717, 1.165) is 26.2 Å². The van der Waals surface area contributed by atoms with E-state index in [4.69, 9.17) is 4.65 Å². The van der Waals surface area contributed by atoms with E-state index in [1.54, 1.807) is 44.8 Å². The molecule has 126 valence electrons. The Morgan fingerprint density at radius 3 is 2.36 bits per heavy atom. The summed E-state index contributed by atoms with van der Waals surface area (Å²) in [4.78, 5) is 2.31. The molecule has 7 heteroatoms. The van der Waals surface area contributed by atoms with Crippen molar-refractivity contribution in [2.75, 3.05) is 19.6 Å². The van der Waals surface area contributed by atoms with Crippen molar-refractivity contribution in [3.05, 3.63) is 12.4 Å². The van der Waals surface area contributed by atoms with E-state index in [1.165, 1.54) is 0 Å². The van der Waals surface area contributed by atoms with E-state index in [2.05, 4.69) is 23.8 Å². The van der Waals surface area contributed by atoms with Gasteiger partial charge in [-0.1, -0.05) is 13.8 Å². The Balaban J connectivity index is 2.63. The van der Waals surface area contributed by atoms with Crippen LogP contribution < -0.4 is 5.46 Å². The summed E-state index contributed by atoms with van der Waals surface area (Å²) < 4.78 is 7.41. The maximum absolute atomic E-state index is 10.2. The predicted molar refractivity (Wildman–Crippen MR) is 89.1 cm³/mol. The number of aliphatic hydroxyl groups is 1. The fourth-order valence-corrected chi connectivity index (χ4v) is 1.90. The Morgan fingerprint density at radius 2 is 1.86 bits per heavy atom. The van der Waals surface area contributed by atoms with Gasteiger partial charge < -0.3 is 19.7 Å². The molecule has 0 fully saturated rings. The third-order valence-electron chi connectivity index (χ3n) is 4.36. The molecule has 0 radical (unpaired) electrons. The van der Waals surface area contributed by atoms with Crippen molar-refractivity contribution < 1.29 is 14.8 Å². The molecule has 6 nitrogen and oxygen atoms in total. The number of hydrogen-bond donors (Lipinski definition) is 2. The van der Waals surface area contributed by atoms with Gasteiger partial charge >= 0.3 is 7.12 Å². The van der Waals surface area contributed by atoms with Gasteiger partial charge in [0, 0.05) is 24.4 Å². The lowest BCUT2D eigenvalue weighted by molar-refractivity contribution is -0.0982. The predicted octanol–water partition coefficient (Wildman–Crippen LogP) is 0.479. The average molecular weight is 311 g/mol. The minimum Gasteiger partial charge on any atom is -0.423 e. The number of hydrogen-bond acceptors (Lipinski definition) is 5. The molecule has 0 amide bonds. The second kappa shape index (κ2) is 7.59. The Kier molecular flexibility index (Phi) is 6.61. The van der Waals surface area contributed by atoms with Crippen molar-refractivity contribution in [3.8, 4) is 0 Å². The van der Waals surface area contributed by atoms with Crippen LogP contribution in [0.5, 0.6) is 0 Å². The summed E-state index contributed by atoms with van der Waals surface area (Å²) in [7, 11) is -1.11. The van der Waals surface area contributed by atoms with Crippen LogP contribution in [0.2, 0.25) is 0 Å². The van der Waals surface area contributed by atoms with E-state index in [-0.39, 0.29) is 0 Å². The second-order valence-electron chi connectivity index (χ2n) is 6.60. The first-order valence-corrected chi connectivity index (χ1v) is 7.93. The second-order valence-corrected chi connectivity index (χ2v) is 6.60. The zero-order valence-corrected chi connectivity index (χ0v) is 14.7. The summed E-state index contributed by atoms with van der Waals surface area (Å²) in [5.74, 6) is 0. The van der Waals surface area contributed by atoms with Gasteiger partial charge in [0.05, 0.1) is 17.7 Å². The van der Waals surface area contributed by atoms with Crippen LogP contribution in [0.3, 0.4) is 0 Å². The lowest BCUT2D eigenvalue weighted by Gasteiger charge is -2.38. The smallest absolute Gasteiger partial charge is 0.423 e. The largest absolute Gasteiger partial charge is 0.494 e. The highest BCUT2D eigenvalue weighted by Crippen LogP contribution is 2.25. The Hall–Kier alpha value is -0.885. The molecule has 0 unspecified atom stereocenters. The highest BCUT2D eigenvalue weighted by atomic mass is 16.5. The van der Waals surface area contributed by atoms with E-state index < -0.39 is 18.3 Å². The van der Waals surface area contributed by atoms with Gasteiger partial charge in [-0.05, 0) is 40.8 Å². The van der Waals surface area contributed by atoms with Gasteiger partial charge in [-0.3, -0.25) is 4.68 Å². The van der Waals surface area contributed by atoms with Gasteiger partial charge in [0.15, 0.2) is 0 Å². The van der Waals surface area contributed by atoms with Crippen LogP contribution in [-0.2, 0) is 11.2 Å². The lowest BCUT2D eigenvalue weighted by Crippen LogP contribution is -2.53. The molecular weight excluding hydrogens is 281 g/mol. The van der Waals surface area contributed by atoms with Gasteiger partial charge in [-0.15, -0.1) is 0 Å². The molecule has 1 aromatic rings. The summed E-state index contributed by atoms with van der Waals surface area (Å²) in [6.45, 7) is 14.8. The Bertz CT molecular complexity index is 453. The van der Waals surface area contributed by atoms with Crippen molar-refractivity contribution in [1.29, 1.82) is 0 Å². The van der Waals surface area contributed by atoms with E-state index in [1.807, 2.05) is 0 Å². The maximum Gasteiger partial charge on any atom is 0.494 e. The average Bonchev–Trinajstić information content (AvgIpc) is 2.87. The first-order valence-electron chi connectivity index (χ1n) is 7.93. The maximum atomic E-state index is 10.2. The van der Waals surface area contributed by atoms with Crippen LogP contribution in [0.4, 0.5) is 0 Å². The molecule has 22 heavy (non-hydrogen) atoms. The Morgan fingerprint density at radius 1 is 1.27 bits per heavy atom. The lowest BCUT2D eigenvalue weighted by atomic mass is 9.78. The summed E-state index contributed by atoms with van der Waals surface area (Å²) in [6.07, 6.45) is 3.39. The van der Waals surface area contributed by atoms with Crippen LogP contribution in [0, 0.1) is 0 Å². The van der Waals surface area contributed by atoms with E-state index >= 15 is 0 Å². The molecule has 0 saturated heterocycles. The van der Waals surface area contributed by atoms with Gasteiger partial charge in [-0.2, -0.15) is 5.10 Å². The van der Waals surface area contributed by atoms with Crippen molar-refractivity contribution in [3.63, 3.8) is 0 Å². The van der Waals surface area contributed by atoms with Crippen LogP contribution in [-0.4, -0.2) is 62.8 Å². The molecule has 0 aliphatic heterocycles. The van der Waals surface area contributed by atoms with Gasteiger partial charge in [0.1, 0.15) is 0 Å². The molecule has 0 spiro atoms. The van der Waals surface area contributed by atoms with Crippen LogP contribution in [0.1, 0.15) is 41.5 Å². The third kappa shape index (κ3) is 5.09. The molecule has 1 aromatic heterocycles. The number of rotatable bonds is 9. The summed E-state index contributed by atoms with van der Waals surface area (Å²) >= 11 is 0. The molecule has 0 aromatic carbocycles. The SMILES string of the molecule is CCN(CC)CCn1cc(B(O)OC(C)(C)C(C)(C)O)cn1. The molecule has 0 saturated carbocycles. The molecule has 0 atom stereocenters. The standard InChI is InChI=1S/C15H30BN3O3/c1-7-18(8-2)9-10-19-12-13(11-17-19)16(21)22-15(5,6)14(3,4)20/h11-12,20-21H,7-10H2,1-6H3. The Labute approximate surface area is 134 Å². The first-order chi connectivity index (χ1) is 10.1. The minimum atomic E-state index is -1.11. The molecule has 1 heterocycles. The highest BCUT2D eigenvalue weighted by molar-refractivity contribution is 6.59. The zero-order chi connectivity index (χ0) is 17.0. The van der Waals surface area contributed by atoms with Crippen molar-refractivity contribution in [2.45, 2.75) is 59.3 Å². The van der Waals surface area contributed by atoms with Gasteiger partial charge in [-0.25, -0.2) is 0 Å². The van der Waals surface area contributed by atoms with Crippen molar-refractivity contribution >= 4 is 12.6 Å². The number of aromatic nitrogens is 2. The van der Waals surface area contributed by atoms with Gasteiger partial charge in [0.25, 0.3) is 0 Å². The molecule has 0 aliphatic rings. The van der Waals surface area contributed by atoms with Crippen molar-refractivity contribution in [1.82, 2.24) is 14.7 Å². The van der Waals surface area contributed by atoms with E-state index in [9.17, 15) is 10.1 Å². The van der Waals surface area contributed by atoms with Crippen LogP contribution in [0.15, 0.2) is 12.4 Å². The number of likely N-dealkylation sites (N-methyl/N-ethyl adjacent to an activating group) is 1. The van der Waals surface area contributed by atoms with Crippen molar-refractivity contribution in [2.24, 2.45) is 0 Å². The van der Waals surface area contributed by atoms with Crippen LogP contribution >= 0.6 is 0 Å². The molecule has 0 bridgehead atoms. The summed E-state index contributed by atoms with van der Waals surface area (Å²) in [6, 6.07) is 0. The first kappa shape index (κ1) is 19.2. The monoisotopic (exact) mass is 311 g/mol. The molecular formula is C15H30BN3O3. The fraction of sp³-hybridized carbons (Fsp3) is 0.800. The third-order valence-corrected chi connectivity index (χ3v) is 4.36. The van der Waals surface area contributed by atoms with Crippen LogP contribution in [0.25, 0.3) is 0 Å². The zero-order valence-electron chi connectivity index (χ0n) is 14.7. The highest BCUT2D eigenvalue weighted by Gasteiger charge is 2.39. The molecule has 1 rings (SSSR count). The molecule has 2 N–H and O–H groups in total. The van der Waals surface area contributed by atoms with E-state index in [0.29, 0.717) is 5.46 Å². The van der Waals surface area contributed by atoms with Gasteiger partial charge in [0.2, 0.25) is 0 Å². The molecule has 0 aliphatic carbocycles. The summed E-state index contributed by atoms with van der Waals surface area (Å²) in [5, 5.41) is 24.5. The topological polar surface area (TPSA) is 70.8 Å². The normalized spacial score (nSPS) is 13.0. The quantitative estimate of drug-likeness (QED) is 0.649. The minimum absolute atomic E-state index is 0.594. The number of nitrogens with zero attached hydrogens (tertiary/aromatic N) is 3. The summed E-state index contributed by atoms with van der Waals surface area (Å²) in [5.41, 5.74) is -1.35. The fourth-order valence-electron chi connectivity index (χ4n) is 1.90.